The van der Waals surface area contributed by atoms with Gasteiger partial charge >= 0.3 is 0 Å². The molecule has 0 amide bonds. The molecular weight excluding hydrogens is 693 g/mol. The molecule has 4 heteroatoms. The number of benzene rings is 8. The van der Waals surface area contributed by atoms with Crippen molar-refractivity contribution < 1.29 is 0 Å². The van der Waals surface area contributed by atoms with Crippen LogP contribution >= 0.6 is 0 Å². The highest BCUT2D eigenvalue weighted by molar-refractivity contribution is 6.09. The second kappa shape index (κ2) is 13.6. The van der Waals surface area contributed by atoms with E-state index in [9.17, 15) is 0 Å². The maximum Gasteiger partial charge on any atom is 0.0708 e. The van der Waals surface area contributed by atoms with Gasteiger partial charge in [-0.15, -0.1) is 0 Å². The first-order valence-corrected chi connectivity index (χ1v) is 19.2. The third-order valence-electron chi connectivity index (χ3n) is 11.1. The molecule has 0 atom stereocenters. The summed E-state index contributed by atoms with van der Waals surface area (Å²) in [6.07, 6.45) is 5.65. The molecule has 11 rings (SSSR count). The standard InChI is InChI=1S/C53H34N4/c1-2-6-45-34-56-53(33-37(45)5-1)44-15-23-49-40(31-44)9-10-41-32-48(22-24-50(41)49)57(46-18-11-35(12-19-46)38-16-25-51-42(29-38)7-3-27-54-51)47-20-13-36(14-21-47)39-17-26-52-43(30-39)8-4-28-55-52/h1-34H. The summed E-state index contributed by atoms with van der Waals surface area (Å²) in [5, 5.41) is 9.43. The molecule has 0 fully saturated rings. The van der Waals surface area contributed by atoms with E-state index in [0.29, 0.717) is 0 Å². The Morgan fingerprint density at radius 1 is 0.298 bits per heavy atom. The molecule has 266 valence electrons. The molecule has 4 nitrogen and oxygen atoms in total. The lowest BCUT2D eigenvalue weighted by molar-refractivity contribution is 1.29. The summed E-state index contributed by atoms with van der Waals surface area (Å²) in [4.78, 5) is 16.2. The number of rotatable bonds is 6. The molecule has 0 N–H and O–H groups in total. The second-order valence-electron chi connectivity index (χ2n) is 14.6. The molecule has 3 aromatic heterocycles. The maximum atomic E-state index is 4.79. The normalized spacial score (nSPS) is 11.5. The van der Waals surface area contributed by atoms with Crippen molar-refractivity contribution in [1.82, 2.24) is 15.0 Å². The van der Waals surface area contributed by atoms with Gasteiger partial charge in [0.1, 0.15) is 0 Å². The zero-order valence-corrected chi connectivity index (χ0v) is 30.9. The fraction of sp³-hybridized carbons (Fsp3) is 0. The number of hydrogen-bond donors (Lipinski definition) is 0. The highest BCUT2D eigenvalue weighted by atomic mass is 15.1. The largest absolute Gasteiger partial charge is 0.310 e. The van der Waals surface area contributed by atoms with Crippen LogP contribution in [-0.2, 0) is 0 Å². The van der Waals surface area contributed by atoms with Crippen molar-refractivity contribution in [2.75, 3.05) is 4.90 Å². The van der Waals surface area contributed by atoms with Crippen LogP contribution in [0.15, 0.2) is 207 Å². The van der Waals surface area contributed by atoms with Gasteiger partial charge in [-0.2, -0.15) is 0 Å². The Kier molecular flexibility index (Phi) is 7.78. The van der Waals surface area contributed by atoms with Crippen molar-refractivity contribution >= 4 is 71.2 Å². The number of pyridine rings is 3. The van der Waals surface area contributed by atoms with Crippen molar-refractivity contribution in [3.8, 4) is 33.5 Å². The minimum absolute atomic E-state index is 0.981. The Morgan fingerprint density at radius 2 is 0.789 bits per heavy atom. The summed E-state index contributed by atoms with van der Waals surface area (Å²) in [6, 6.07) is 67.4. The minimum atomic E-state index is 0.981. The quantitative estimate of drug-likeness (QED) is 0.160. The zero-order valence-electron chi connectivity index (χ0n) is 30.9. The van der Waals surface area contributed by atoms with Crippen LogP contribution in [0.25, 0.3) is 87.6 Å². The third-order valence-corrected chi connectivity index (χ3v) is 11.1. The molecule has 3 heterocycles. The first kappa shape index (κ1) is 32.7. The topological polar surface area (TPSA) is 41.9 Å². The van der Waals surface area contributed by atoms with Crippen molar-refractivity contribution in [1.29, 1.82) is 0 Å². The van der Waals surface area contributed by atoms with Gasteiger partial charge in [0.05, 0.1) is 16.7 Å². The van der Waals surface area contributed by atoms with Crippen LogP contribution in [0.1, 0.15) is 0 Å². The summed E-state index contributed by atoms with van der Waals surface area (Å²) in [5.41, 5.74) is 12.0. The Balaban J connectivity index is 0.981. The minimum Gasteiger partial charge on any atom is -0.310 e. The highest BCUT2D eigenvalue weighted by Crippen LogP contribution is 2.40. The van der Waals surface area contributed by atoms with E-state index in [1.165, 1.54) is 38.1 Å². The molecule has 0 radical (unpaired) electrons. The molecule has 0 saturated carbocycles. The van der Waals surface area contributed by atoms with Gasteiger partial charge < -0.3 is 4.90 Å². The van der Waals surface area contributed by atoms with Crippen molar-refractivity contribution in [2.45, 2.75) is 0 Å². The van der Waals surface area contributed by atoms with E-state index in [4.69, 9.17) is 4.98 Å². The van der Waals surface area contributed by atoms with Gasteiger partial charge in [0.2, 0.25) is 0 Å². The van der Waals surface area contributed by atoms with E-state index in [0.717, 1.165) is 66.6 Å². The zero-order chi connectivity index (χ0) is 37.7. The second-order valence-corrected chi connectivity index (χ2v) is 14.6. The number of aromatic nitrogens is 3. The van der Waals surface area contributed by atoms with Crippen LogP contribution in [0, 0.1) is 0 Å². The lowest BCUT2D eigenvalue weighted by Crippen LogP contribution is -2.09. The van der Waals surface area contributed by atoms with Crippen LogP contribution in [0.2, 0.25) is 0 Å². The molecule has 0 aliphatic heterocycles. The van der Waals surface area contributed by atoms with Gasteiger partial charge in [0.25, 0.3) is 0 Å². The summed E-state index contributed by atoms with van der Waals surface area (Å²) < 4.78 is 0. The van der Waals surface area contributed by atoms with E-state index < -0.39 is 0 Å². The molecule has 0 aliphatic carbocycles. The number of fused-ring (bicyclic) bond motifs is 6. The number of anilines is 3. The number of nitrogens with zero attached hydrogens (tertiary/aromatic N) is 4. The molecule has 57 heavy (non-hydrogen) atoms. The predicted molar refractivity (Wildman–Crippen MR) is 238 cm³/mol. The molecule has 0 saturated heterocycles. The smallest absolute Gasteiger partial charge is 0.0708 e. The van der Waals surface area contributed by atoms with Gasteiger partial charge in [-0.3, -0.25) is 15.0 Å². The maximum absolute atomic E-state index is 4.79. The summed E-state index contributed by atoms with van der Waals surface area (Å²) in [7, 11) is 0. The summed E-state index contributed by atoms with van der Waals surface area (Å²) in [6.45, 7) is 0. The van der Waals surface area contributed by atoms with Crippen LogP contribution in [0.4, 0.5) is 17.1 Å². The van der Waals surface area contributed by atoms with E-state index in [1.807, 2.05) is 30.7 Å². The molecule has 8 aromatic carbocycles. The molecule has 0 aliphatic rings. The van der Waals surface area contributed by atoms with E-state index >= 15 is 0 Å². The van der Waals surface area contributed by atoms with E-state index in [1.54, 1.807) is 0 Å². The lowest BCUT2D eigenvalue weighted by Gasteiger charge is -2.26. The van der Waals surface area contributed by atoms with Gasteiger partial charge in [-0.25, -0.2) is 0 Å². The molecule has 0 spiro atoms. The Bertz CT molecular complexity index is 3180. The van der Waals surface area contributed by atoms with Crippen LogP contribution < -0.4 is 4.90 Å². The first-order chi connectivity index (χ1) is 28.2. The Hall–Kier alpha value is -7.69. The van der Waals surface area contributed by atoms with E-state index in [2.05, 4.69) is 191 Å². The molecule has 11 aromatic rings. The van der Waals surface area contributed by atoms with Crippen molar-refractivity contribution in [3.05, 3.63) is 207 Å². The molecular formula is C53H34N4. The Morgan fingerprint density at radius 3 is 1.42 bits per heavy atom. The van der Waals surface area contributed by atoms with E-state index in [-0.39, 0.29) is 0 Å². The van der Waals surface area contributed by atoms with Gasteiger partial charge in [-0.05, 0) is 134 Å². The predicted octanol–water partition coefficient (Wildman–Crippen LogP) is 14.1. The lowest BCUT2D eigenvalue weighted by atomic mass is 9.97. The molecule has 0 unspecified atom stereocenters. The van der Waals surface area contributed by atoms with Gasteiger partial charge in [0, 0.05) is 57.4 Å². The van der Waals surface area contributed by atoms with Gasteiger partial charge in [0.15, 0.2) is 0 Å². The SMILES string of the molecule is c1ccc2cc(-c3ccc4c(ccc5cc(N(c6ccc(-c7ccc8ncccc8c7)cc6)c6ccc(-c7ccc8ncccc8c7)cc6)ccc54)c3)ncc2c1. The van der Waals surface area contributed by atoms with Crippen LogP contribution in [-0.4, -0.2) is 15.0 Å². The van der Waals surface area contributed by atoms with Gasteiger partial charge in [-0.1, -0.05) is 103 Å². The van der Waals surface area contributed by atoms with Crippen molar-refractivity contribution in [3.63, 3.8) is 0 Å². The third kappa shape index (κ3) is 6.01. The Labute approximate surface area is 330 Å². The fourth-order valence-electron chi connectivity index (χ4n) is 8.16. The van der Waals surface area contributed by atoms with Crippen LogP contribution in [0.5, 0.6) is 0 Å². The molecule has 0 bridgehead atoms. The summed E-state index contributed by atoms with van der Waals surface area (Å²) in [5.74, 6) is 0. The first-order valence-electron chi connectivity index (χ1n) is 19.2. The highest BCUT2D eigenvalue weighted by Gasteiger charge is 2.15. The fourth-order valence-corrected chi connectivity index (χ4v) is 8.16. The average Bonchev–Trinajstić information content (AvgIpc) is 3.29. The summed E-state index contributed by atoms with van der Waals surface area (Å²) >= 11 is 0. The monoisotopic (exact) mass is 726 g/mol. The van der Waals surface area contributed by atoms with Crippen LogP contribution in [0.3, 0.4) is 0 Å². The number of hydrogen-bond acceptors (Lipinski definition) is 4. The van der Waals surface area contributed by atoms with Crippen molar-refractivity contribution in [2.24, 2.45) is 0 Å². The average molecular weight is 727 g/mol.